The van der Waals surface area contributed by atoms with Crippen molar-refractivity contribution in [2.45, 2.75) is 6.54 Å². The Balaban J connectivity index is 1.77. The second-order valence-corrected chi connectivity index (χ2v) is 6.16. The van der Waals surface area contributed by atoms with Crippen LogP contribution in [-0.4, -0.2) is 17.0 Å². The van der Waals surface area contributed by atoms with Crippen LogP contribution < -0.4 is 5.01 Å². The van der Waals surface area contributed by atoms with E-state index in [4.69, 9.17) is 0 Å². The zero-order chi connectivity index (χ0) is 15.4. The molecule has 0 amide bonds. The van der Waals surface area contributed by atoms with Crippen molar-refractivity contribution in [3.63, 3.8) is 0 Å². The molecule has 0 atom stereocenters. The Labute approximate surface area is 134 Å². The average Bonchev–Trinajstić information content (AvgIpc) is 3.09. The number of hydrogen-bond acceptors (Lipinski definition) is 2. The van der Waals surface area contributed by atoms with E-state index in [1.165, 1.54) is 38.7 Å². The summed E-state index contributed by atoms with van der Waals surface area (Å²) in [5, 5.41) is 7.14. The Morgan fingerprint density at radius 2 is 1.61 bits per heavy atom. The van der Waals surface area contributed by atoms with Crippen LogP contribution in [0.4, 0.5) is 11.4 Å². The van der Waals surface area contributed by atoms with Crippen LogP contribution in [0.5, 0.6) is 0 Å². The van der Waals surface area contributed by atoms with Gasteiger partial charge in [0.1, 0.15) is 0 Å². The van der Waals surface area contributed by atoms with Gasteiger partial charge in [0.15, 0.2) is 0 Å². The summed E-state index contributed by atoms with van der Waals surface area (Å²) in [5.41, 5.74) is 6.25. The lowest BCUT2D eigenvalue weighted by molar-refractivity contribution is 0.361. The molecule has 1 aliphatic heterocycles. The van der Waals surface area contributed by atoms with Crippen molar-refractivity contribution in [1.29, 1.82) is 0 Å². The third kappa shape index (κ3) is 1.80. The highest BCUT2D eigenvalue weighted by Crippen LogP contribution is 2.40. The number of fused-ring (bicyclic) bond motifs is 4. The van der Waals surface area contributed by atoms with Crippen LogP contribution in [0, 0.1) is 0 Å². The number of aromatic nitrogens is 1. The summed E-state index contributed by atoms with van der Waals surface area (Å²) in [7, 11) is 2.14. The number of nitrogens with one attached hydrogen (secondary N) is 1. The molecule has 0 aliphatic carbocycles. The molecule has 0 spiro atoms. The van der Waals surface area contributed by atoms with E-state index < -0.39 is 0 Å². The van der Waals surface area contributed by atoms with Gasteiger partial charge in [-0.15, -0.1) is 0 Å². The predicted molar refractivity (Wildman–Crippen MR) is 95.9 cm³/mol. The SMILES string of the molecule is CN1Cc2cc3[nH]c4ccccc4c3cc2N1c1ccccc1. The van der Waals surface area contributed by atoms with Crippen LogP contribution >= 0.6 is 0 Å². The Hall–Kier alpha value is -2.78. The Morgan fingerprint density at radius 3 is 2.48 bits per heavy atom. The lowest BCUT2D eigenvalue weighted by Gasteiger charge is -2.27. The molecule has 5 rings (SSSR count). The van der Waals surface area contributed by atoms with E-state index in [1.54, 1.807) is 0 Å². The third-order valence-electron chi connectivity index (χ3n) is 4.67. The van der Waals surface area contributed by atoms with Gasteiger partial charge in [-0.3, -0.25) is 5.01 Å². The average molecular weight is 299 g/mol. The Bertz CT molecular complexity index is 1020. The summed E-state index contributed by atoms with van der Waals surface area (Å²) >= 11 is 0. The fourth-order valence-corrected chi connectivity index (χ4v) is 3.66. The van der Waals surface area contributed by atoms with Crippen molar-refractivity contribution in [3.05, 3.63) is 72.3 Å². The first-order valence-corrected chi connectivity index (χ1v) is 7.91. The van der Waals surface area contributed by atoms with Gasteiger partial charge in [0.2, 0.25) is 0 Å². The molecule has 1 aliphatic rings. The van der Waals surface area contributed by atoms with Crippen molar-refractivity contribution in [1.82, 2.24) is 9.99 Å². The maximum atomic E-state index is 3.54. The molecule has 3 aromatic carbocycles. The van der Waals surface area contributed by atoms with Gasteiger partial charge in [0.05, 0.1) is 11.4 Å². The highest BCUT2D eigenvalue weighted by atomic mass is 15.6. The number of H-pyrrole nitrogens is 1. The maximum absolute atomic E-state index is 3.54. The van der Waals surface area contributed by atoms with E-state index in [0.29, 0.717) is 0 Å². The van der Waals surface area contributed by atoms with Gasteiger partial charge in [0, 0.05) is 35.4 Å². The van der Waals surface area contributed by atoms with Crippen LogP contribution in [0.1, 0.15) is 5.56 Å². The van der Waals surface area contributed by atoms with Gasteiger partial charge >= 0.3 is 0 Å². The zero-order valence-electron chi connectivity index (χ0n) is 13.0. The van der Waals surface area contributed by atoms with Gasteiger partial charge in [-0.2, -0.15) is 0 Å². The van der Waals surface area contributed by atoms with E-state index in [1.807, 2.05) is 0 Å². The monoisotopic (exact) mass is 299 g/mol. The zero-order valence-corrected chi connectivity index (χ0v) is 13.0. The second-order valence-electron chi connectivity index (χ2n) is 6.16. The molecule has 0 unspecified atom stereocenters. The van der Waals surface area contributed by atoms with E-state index in [-0.39, 0.29) is 0 Å². The molecule has 3 heteroatoms. The smallest absolute Gasteiger partial charge is 0.0633 e. The number of aromatic amines is 1. The Morgan fingerprint density at radius 1 is 0.826 bits per heavy atom. The minimum absolute atomic E-state index is 0.926. The van der Waals surface area contributed by atoms with Crippen molar-refractivity contribution in [3.8, 4) is 0 Å². The van der Waals surface area contributed by atoms with Crippen LogP contribution in [0.15, 0.2) is 66.7 Å². The molecule has 1 aromatic heterocycles. The van der Waals surface area contributed by atoms with Gasteiger partial charge in [0.25, 0.3) is 0 Å². The largest absolute Gasteiger partial charge is 0.354 e. The van der Waals surface area contributed by atoms with E-state index >= 15 is 0 Å². The molecule has 2 heterocycles. The molecule has 0 saturated heterocycles. The fourth-order valence-electron chi connectivity index (χ4n) is 3.66. The molecule has 112 valence electrons. The van der Waals surface area contributed by atoms with Crippen molar-refractivity contribution in [2.75, 3.05) is 12.1 Å². The lowest BCUT2D eigenvalue weighted by atomic mass is 10.1. The Kier molecular flexibility index (Phi) is 2.55. The molecule has 0 saturated carbocycles. The molecule has 0 bridgehead atoms. The number of benzene rings is 3. The van der Waals surface area contributed by atoms with Gasteiger partial charge in [-0.1, -0.05) is 36.4 Å². The second kappa shape index (κ2) is 4.61. The fraction of sp³-hybridized carbons (Fsp3) is 0.100. The molecule has 1 N–H and O–H groups in total. The number of rotatable bonds is 1. The molecule has 0 fully saturated rings. The number of hydrazine groups is 1. The van der Waals surface area contributed by atoms with Gasteiger partial charge in [-0.25, -0.2) is 5.01 Å². The van der Waals surface area contributed by atoms with Crippen LogP contribution in [0.25, 0.3) is 21.8 Å². The summed E-state index contributed by atoms with van der Waals surface area (Å²) in [4.78, 5) is 3.54. The first kappa shape index (κ1) is 12.7. The highest BCUT2D eigenvalue weighted by Gasteiger charge is 2.26. The summed E-state index contributed by atoms with van der Waals surface area (Å²) < 4.78 is 0. The first-order chi connectivity index (χ1) is 11.3. The third-order valence-corrected chi connectivity index (χ3v) is 4.67. The minimum atomic E-state index is 0.926. The number of hydrogen-bond donors (Lipinski definition) is 1. The molecule has 3 nitrogen and oxygen atoms in total. The summed E-state index contributed by atoms with van der Waals surface area (Å²) in [6.45, 7) is 0.926. The van der Waals surface area contributed by atoms with Crippen LogP contribution in [0.2, 0.25) is 0 Å². The lowest BCUT2D eigenvalue weighted by Crippen LogP contribution is -2.29. The van der Waals surface area contributed by atoms with Crippen molar-refractivity contribution in [2.24, 2.45) is 0 Å². The van der Waals surface area contributed by atoms with Crippen LogP contribution in [0.3, 0.4) is 0 Å². The highest BCUT2D eigenvalue weighted by molar-refractivity contribution is 6.09. The van der Waals surface area contributed by atoms with Crippen molar-refractivity contribution >= 4 is 33.2 Å². The molecular formula is C20H17N3. The number of anilines is 2. The van der Waals surface area contributed by atoms with E-state index in [0.717, 1.165) is 6.54 Å². The summed E-state index contributed by atoms with van der Waals surface area (Å²) in [6.07, 6.45) is 0. The topological polar surface area (TPSA) is 22.3 Å². The van der Waals surface area contributed by atoms with Gasteiger partial charge in [-0.05, 0) is 35.9 Å². The number of nitrogens with zero attached hydrogens (tertiary/aromatic N) is 2. The summed E-state index contributed by atoms with van der Waals surface area (Å²) in [6, 6.07) is 23.7. The quantitative estimate of drug-likeness (QED) is 0.544. The normalized spacial score (nSPS) is 14.7. The minimum Gasteiger partial charge on any atom is -0.354 e. The molecule has 0 radical (unpaired) electrons. The van der Waals surface area contributed by atoms with E-state index in [2.05, 4.69) is 88.8 Å². The van der Waals surface area contributed by atoms with Crippen LogP contribution in [-0.2, 0) is 6.54 Å². The van der Waals surface area contributed by atoms with Crippen molar-refractivity contribution < 1.29 is 0 Å². The number of para-hydroxylation sites is 2. The molecular weight excluding hydrogens is 282 g/mol. The maximum Gasteiger partial charge on any atom is 0.0633 e. The van der Waals surface area contributed by atoms with Gasteiger partial charge < -0.3 is 4.98 Å². The predicted octanol–water partition coefficient (Wildman–Crippen LogP) is 4.82. The molecule has 23 heavy (non-hydrogen) atoms. The van der Waals surface area contributed by atoms with E-state index in [9.17, 15) is 0 Å². The summed E-state index contributed by atoms with van der Waals surface area (Å²) in [5.74, 6) is 0. The standard InChI is InChI=1S/C20H17N3/c1-22-13-14-11-19-17(16-9-5-6-10-18(16)21-19)12-20(14)23(22)15-7-3-2-4-8-15/h2-12,21H,13H2,1H3. The molecule has 4 aromatic rings. The first-order valence-electron chi connectivity index (χ1n) is 7.91.